The summed E-state index contributed by atoms with van der Waals surface area (Å²) in [7, 11) is 0. The predicted molar refractivity (Wildman–Crippen MR) is 73.4 cm³/mol. The number of nitrogens with one attached hydrogen (secondary N) is 1. The van der Waals surface area contributed by atoms with Gasteiger partial charge in [-0.05, 0) is 5.56 Å². The molecule has 2 aromatic rings. The maximum atomic E-state index is 4.26. The maximum Gasteiger partial charge on any atom is 0.210 e. The zero-order valence-electron chi connectivity index (χ0n) is 10.5. The van der Waals surface area contributed by atoms with Gasteiger partial charge in [-0.25, -0.2) is 4.68 Å². The van der Waals surface area contributed by atoms with Gasteiger partial charge in [0.25, 0.3) is 0 Å². The third-order valence-corrected chi connectivity index (χ3v) is 4.06. The molecule has 0 radical (unpaired) electrons. The number of hydrogen-bond acceptors (Lipinski definition) is 4. The normalized spacial score (nSPS) is 18.5. The van der Waals surface area contributed by atoms with E-state index in [1.165, 1.54) is 5.56 Å². The van der Waals surface area contributed by atoms with Crippen LogP contribution in [0.3, 0.4) is 0 Å². The van der Waals surface area contributed by atoms with E-state index < -0.39 is 0 Å². The summed E-state index contributed by atoms with van der Waals surface area (Å²) in [5.74, 6) is 2.35. The average Bonchev–Trinajstić information content (AvgIpc) is 2.82. The summed E-state index contributed by atoms with van der Waals surface area (Å²) in [6, 6.07) is 10.8. The van der Waals surface area contributed by atoms with Gasteiger partial charge in [-0.1, -0.05) is 55.9 Å². The molecule has 0 amide bonds. The monoisotopic (exact) mass is 260 g/mol. The van der Waals surface area contributed by atoms with Gasteiger partial charge in [0.15, 0.2) is 5.82 Å². The van der Waals surface area contributed by atoms with E-state index in [9.17, 15) is 0 Å². The van der Waals surface area contributed by atoms with Crippen LogP contribution in [0.4, 0.5) is 0 Å². The van der Waals surface area contributed by atoms with Crippen molar-refractivity contribution in [1.82, 2.24) is 14.9 Å². The predicted octanol–water partition coefficient (Wildman–Crippen LogP) is 2.79. The van der Waals surface area contributed by atoms with Gasteiger partial charge in [0, 0.05) is 11.7 Å². The summed E-state index contributed by atoms with van der Waals surface area (Å²) < 4.78 is 2.04. The van der Waals surface area contributed by atoms with E-state index in [4.69, 9.17) is 0 Å². The smallest absolute Gasteiger partial charge is 0.210 e. The molecule has 0 spiro atoms. The number of nitrogens with zero attached hydrogens (tertiary/aromatic N) is 3. The SMILES string of the molecule is CC(C)c1nnc2n1NC(c1ccccc1)CS2. The summed E-state index contributed by atoms with van der Waals surface area (Å²) in [5, 5.41) is 9.44. The van der Waals surface area contributed by atoms with Crippen molar-refractivity contribution >= 4 is 11.8 Å². The highest BCUT2D eigenvalue weighted by molar-refractivity contribution is 7.99. The van der Waals surface area contributed by atoms with E-state index in [-0.39, 0.29) is 0 Å². The molecule has 1 aromatic heterocycles. The number of fused-ring (bicyclic) bond motifs is 1. The van der Waals surface area contributed by atoms with E-state index in [0.717, 1.165) is 16.7 Å². The highest BCUT2D eigenvalue weighted by Crippen LogP contribution is 2.31. The van der Waals surface area contributed by atoms with Crippen LogP contribution in [0, 0.1) is 0 Å². The van der Waals surface area contributed by atoms with E-state index in [2.05, 4.69) is 53.7 Å². The number of rotatable bonds is 2. The molecule has 1 atom stereocenters. The molecule has 1 aromatic carbocycles. The van der Waals surface area contributed by atoms with Gasteiger partial charge >= 0.3 is 0 Å². The summed E-state index contributed by atoms with van der Waals surface area (Å²) in [6.07, 6.45) is 0. The number of benzene rings is 1. The van der Waals surface area contributed by atoms with Gasteiger partial charge < -0.3 is 5.43 Å². The van der Waals surface area contributed by atoms with Crippen LogP contribution < -0.4 is 5.43 Å². The van der Waals surface area contributed by atoms with Crippen LogP contribution in [0.5, 0.6) is 0 Å². The minimum atomic E-state index is 0.317. The highest BCUT2D eigenvalue weighted by Gasteiger charge is 2.24. The zero-order chi connectivity index (χ0) is 12.5. The molecule has 4 nitrogen and oxygen atoms in total. The Bertz CT molecular complexity index is 535. The topological polar surface area (TPSA) is 42.7 Å². The standard InChI is InChI=1S/C13H16N4S/c1-9(2)12-14-15-13-17(12)16-11(8-18-13)10-6-4-3-5-7-10/h3-7,9,11,16H,8H2,1-2H3. The Morgan fingerprint density at radius 2 is 2.06 bits per heavy atom. The van der Waals surface area contributed by atoms with Crippen molar-refractivity contribution in [2.45, 2.75) is 31.0 Å². The van der Waals surface area contributed by atoms with Crippen molar-refractivity contribution in [2.75, 3.05) is 11.2 Å². The number of hydrogen-bond donors (Lipinski definition) is 1. The molecule has 1 N–H and O–H groups in total. The Morgan fingerprint density at radius 1 is 1.28 bits per heavy atom. The van der Waals surface area contributed by atoms with E-state index >= 15 is 0 Å². The quantitative estimate of drug-likeness (QED) is 0.901. The molecule has 5 heteroatoms. The minimum absolute atomic E-state index is 0.317. The second-order valence-electron chi connectivity index (χ2n) is 4.73. The fourth-order valence-electron chi connectivity index (χ4n) is 2.08. The second kappa shape index (κ2) is 4.65. The van der Waals surface area contributed by atoms with Crippen molar-refractivity contribution in [3.05, 3.63) is 41.7 Å². The molecular formula is C13H16N4S. The van der Waals surface area contributed by atoms with Gasteiger partial charge in [-0.15, -0.1) is 10.2 Å². The van der Waals surface area contributed by atoms with Crippen LogP contribution in [-0.2, 0) is 0 Å². The van der Waals surface area contributed by atoms with Crippen molar-refractivity contribution in [2.24, 2.45) is 0 Å². The first-order chi connectivity index (χ1) is 8.75. The van der Waals surface area contributed by atoms with Gasteiger partial charge in [0.2, 0.25) is 5.16 Å². The Kier molecular flexibility index (Phi) is 2.99. The van der Waals surface area contributed by atoms with Crippen LogP contribution in [0.15, 0.2) is 35.5 Å². The van der Waals surface area contributed by atoms with E-state index in [1.807, 2.05) is 10.7 Å². The Hall–Kier alpha value is -1.49. The van der Waals surface area contributed by atoms with Crippen LogP contribution in [0.25, 0.3) is 0 Å². The summed E-state index contributed by atoms with van der Waals surface area (Å²) in [6.45, 7) is 4.27. The second-order valence-corrected chi connectivity index (χ2v) is 5.72. The lowest BCUT2D eigenvalue weighted by molar-refractivity contribution is 0.611. The summed E-state index contributed by atoms with van der Waals surface area (Å²) in [4.78, 5) is 0. The fraction of sp³-hybridized carbons (Fsp3) is 0.385. The van der Waals surface area contributed by atoms with Crippen molar-refractivity contribution in [3.8, 4) is 0 Å². The summed E-state index contributed by atoms with van der Waals surface area (Å²) >= 11 is 1.76. The lowest BCUT2D eigenvalue weighted by Gasteiger charge is -2.27. The van der Waals surface area contributed by atoms with Crippen molar-refractivity contribution in [3.63, 3.8) is 0 Å². The molecule has 1 unspecified atom stereocenters. The van der Waals surface area contributed by atoms with Gasteiger partial charge in [-0.3, -0.25) is 0 Å². The van der Waals surface area contributed by atoms with Gasteiger partial charge in [0.1, 0.15) is 0 Å². The highest BCUT2D eigenvalue weighted by atomic mass is 32.2. The molecule has 0 saturated heterocycles. The van der Waals surface area contributed by atoms with Gasteiger partial charge in [0.05, 0.1) is 6.04 Å². The molecule has 18 heavy (non-hydrogen) atoms. The largest absolute Gasteiger partial charge is 0.314 e. The first-order valence-electron chi connectivity index (χ1n) is 6.15. The number of aromatic nitrogens is 3. The molecule has 0 fully saturated rings. The molecule has 0 saturated carbocycles. The molecular weight excluding hydrogens is 244 g/mol. The van der Waals surface area contributed by atoms with Crippen LogP contribution >= 0.6 is 11.8 Å². The molecule has 0 bridgehead atoms. The number of thioether (sulfide) groups is 1. The minimum Gasteiger partial charge on any atom is -0.314 e. The van der Waals surface area contributed by atoms with E-state index in [1.54, 1.807) is 11.8 Å². The molecule has 1 aliphatic heterocycles. The molecule has 3 rings (SSSR count). The average molecular weight is 260 g/mol. The Morgan fingerprint density at radius 3 is 2.78 bits per heavy atom. The fourth-order valence-corrected chi connectivity index (χ4v) is 3.03. The summed E-state index contributed by atoms with van der Waals surface area (Å²) in [5.41, 5.74) is 4.82. The van der Waals surface area contributed by atoms with Crippen molar-refractivity contribution in [1.29, 1.82) is 0 Å². The Balaban J connectivity index is 1.90. The lowest BCUT2D eigenvalue weighted by atomic mass is 10.1. The van der Waals surface area contributed by atoms with Crippen molar-refractivity contribution < 1.29 is 0 Å². The Labute approximate surface area is 111 Å². The first-order valence-corrected chi connectivity index (χ1v) is 7.14. The van der Waals surface area contributed by atoms with Crippen LogP contribution in [-0.4, -0.2) is 20.6 Å². The maximum absolute atomic E-state index is 4.26. The third kappa shape index (κ3) is 1.99. The zero-order valence-corrected chi connectivity index (χ0v) is 11.3. The molecule has 1 aliphatic rings. The van der Waals surface area contributed by atoms with Crippen LogP contribution in [0.2, 0.25) is 0 Å². The molecule has 94 valence electrons. The van der Waals surface area contributed by atoms with Crippen LogP contribution in [0.1, 0.15) is 37.2 Å². The third-order valence-electron chi connectivity index (χ3n) is 3.04. The molecule has 2 heterocycles. The van der Waals surface area contributed by atoms with E-state index in [0.29, 0.717) is 12.0 Å². The van der Waals surface area contributed by atoms with Gasteiger partial charge in [-0.2, -0.15) is 0 Å². The lowest BCUT2D eigenvalue weighted by Crippen LogP contribution is -2.29. The first kappa shape index (κ1) is 11.6. The molecule has 0 aliphatic carbocycles.